The lowest BCUT2D eigenvalue weighted by Crippen LogP contribution is -2.14. The Morgan fingerprint density at radius 2 is 1.71 bits per heavy atom. The number of hydrogen-bond acceptors (Lipinski definition) is 7. The van der Waals surface area contributed by atoms with E-state index in [0.29, 0.717) is 38.8 Å². The minimum Gasteiger partial charge on any atom is -0.497 e. The van der Waals surface area contributed by atoms with E-state index in [1.807, 2.05) is 0 Å². The summed E-state index contributed by atoms with van der Waals surface area (Å²) >= 11 is 1.23. The fraction of sp³-hybridized carbons (Fsp3) is 0.192. The first-order valence-corrected chi connectivity index (χ1v) is 11.4. The second kappa shape index (κ2) is 11.9. The Morgan fingerprint density at radius 1 is 0.912 bits per heavy atom. The van der Waals surface area contributed by atoms with E-state index >= 15 is 0 Å². The summed E-state index contributed by atoms with van der Waals surface area (Å²) in [7, 11) is 3.07. The average molecular weight is 480 g/mol. The van der Waals surface area contributed by atoms with Gasteiger partial charge in [-0.2, -0.15) is 0 Å². The van der Waals surface area contributed by atoms with E-state index in [1.165, 1.54) is 25.8 Å². The van der Waals surface area contributed by atoms with E-state index in [4.69, 9.17) is 14.2 Å². The predicted molar refractivity (Wildman–Crippen MR) is 131 cm³/mol. The van der Waals surface area contributed by atoms with Crippen molar-refractivity contribution in [2.75, 3.05) is 25.3 Å². The molecule has 0 unspecified atom stereocenters. The molecular weight excluding hydrogens is 454 g/mol. The maximum Gasteiger partial charge on any atom is 0.339 e. The van der Waals surface area contributed by atoms with Crippen molar-refractivity contribution in [3.8, 4) is 11.5 Å². The maximum absolute atomic E-state index is 12.8. The van der Waals surface area contributed by atoms with Crippen LogP contribution < -0.4 is 14.8 Å². The van der Waals surface area contributed by atoms with Gasteiger partial charge in [0.1, 0.15) is 18.1 Å². The molecule has 34 heavy (non-hydrogen) atoms. The summed E-state index contributed by atoms with van der Waals surface area (Å²) in [6.45, 7) is 1.41. The molecule has 3 rings (SSSR count). The fourth-order valence-electron chi connectivity index (χ4n) is 3.13. The molecule has 1 amide bonds. The zero-order valence-electron chi connectivity index (χ0n) is 19.1. The van der Waals surface area contributed by atoms with Crippen LogP contribution in [0.15, 0.2) is 71.6 Å². The molecule has 0 aliphatic heterocycles. The lowest BCUT2D eigenvalue weighted by Gasteiger charge is -2.12. The van der Waals surface area contributed by atoms with Crippen molar-refractivity contribution >= 4 is 35.1 Å². The molecule has 0 spiro atoms. The number of methoxy groups -OCH3 is 2. The number of nitrogens with one attached hydrogen (secondary N) is 1. The molecule has 3 aromatic carbocycles. The molecule has 0 radical (unpaired) electrons. The molecule has 176 valence electrons. The molecule has 0 aliphatic carbocycles. The Balaban J connectivity index is 1.64. The molecule has 0 heterocycles. The van der Waals surface area contributed by atoms with Gasteiger partial charge in [-0.05, 0) is 49.4 Å². The van der Waals surface area contributed by atoms with E-state index in [0.717, 1.165) is 0 Å². The van der Waals surface area contributed by atoms with Crippen molar-refractivity contribution in [3.63, 3.8) is 0 Å². The van der Waals surface area contributed by atoms with Crippen molar-refractivity contribution in [3.05, 3.63) is 83.4 Å². The normalized spacial score (nSPS) is 10.3. The smallest absolute Gasteiger partial charge is 0.339 e. The third-order valence-corrected chi connectivity index (χ3v) is 5.94. The molecular formula is C26H25NO6S. The van der Waals surface area contributed by atoms with Crippen LogP contribution in [0.1, 0.15) is 33.2 Å². The van der Waals surface area contributed by atoms with Crippen LogP contribution in [-0.4, -0.2) is 37.6 Å². The summed E-state index contributed by atoms with van der Waals surface area (Å²) in [5, 5.41) is 2.81. The molecule has 0 aliphatic rings. The summed E-state index contributed by atoms with van der Waals surface area (Å²) < 4.78 is 16.0. The Bertz CT molecular complexity index is 1190. The number of Topliss-reactive ketones (excluding diaryl/α,β-unsaturated/α-hetero) is 1. The SMILES string of the molecule is COc1cccc(NC(=O)CSc2ccccc2C(=O)OCc2cc(C(C)=O)ccc2OC)c1. The molecule has 0 bridgehead atoms. The number of benzene rings is 3. The number of carbonyl (C=O) groups excluding carboxylic acids is 3. The highest BCUT2D eigenvalue weighted by Crippen LogP contribution is 2.26. The van der Waals surface area contributed by atoms with Crippen molar-refractivity contribution in [2.24, 2.45) is 0 Å². The molecule has 0 atom stereocenters. The molecule has 7 nitrogen and oxygen atoms in total. The van der Waals surface area contributed by atoms with Gasteiger partial charge in [-0.3, -0.25) is 9.59 Å². The highest BCUT2D eigenvalue weighted by atomic mass is 32.2. The molecule has 0 fully saturated rings. The molecule has 8 heteroatoms. The molecule has 0 aromatic heterocycles. The zero-order valence-corrected chi connectivity index (χ0v) is 19.9. The largest absolute Gasteiger partial charge is 0.497 e. The van der Waals surface area contributed by atoms with Gasteiger partial charge in [0, 0.05) is 27.8 Å². The summed E-state index contributed by atoms with van der Waals surface area (Å²) in [6.07, 6.45) is 0. The van der Waals surface area contributed by atoms with Gasteiger partial charge < -0.3 is 19.5 Å². The number of anilines is 1. The highest BCUT2D eigenvalue weighted by molar-refractivity contribution is 8.00. The minimum absolute atomic E-state index is 0.0571. The van der Waals surface area contributed by atoms with Crippen molar-refractivity contribution < 1.29 is 28.6 Å². The van der Waals surface area contributed by atoms with Crippen LogP contribution in [0.5, 0.6) is 11.5 Å². The lowest BCUT2D eigenvalue weighted by atomic mass is 10.1. The van der Waals surface area contributed by atoms with Crippen LogP contribution in [0.2, 0.25) is 0 Å². The number of carbonyl (C=O) groups is 3. The quantitative estimate of drug-likeness (QED) is 0.249. The number of ether oxygens (including phenoxy) is 3. The van der Waals surface area contributed by atoms with Gasteiger partial charge in [0.25, 0.3) is 0 Å². The summed E-state index contributed by atoms with van der Waals surface area (Å²) in [5.41, 5.74) is 2.07. The van der Waals surface area contributed by atoms with E-state index in [9.17, 15) is 14.4 Å². The van der Waals surface area contributed by atoms with Gasteiger partial charge in [0.15, 0.2) is 5.78 Å². The Morgan fingerprint density at radius 3 is 2.44 bits per heavy atom. The third kappa shape index (κ3) is 6.62. The second-order valence-electron chi connectivity index (χ2n) is 7.22. The van der Waals surface area contributed by atoms with Crippen LogP contribution >= 0.6 is 11.8 Å². The molecule has 3 aromatic rings. The van der Waals surface area contributed by atoms with E-state index < -0.39 is 5.97 Å². The number of amides is 1. The number of esters is 1. The van der Waals surface area contributed by atoms with Crippen LogP contribution in [-0.2, 0) is 16.1 Å². The van der Waals surface area contributed by atoms with Gasteiger partial charge >= 0.3 is 5.97 Å². The minimum atomic E-state index is -0.536. The van der Waals surface area contributed by atoms with E-state index in [1.54, 1.807) is 73.8 Å². The van der Waals surface area contributed by atoms with Crippen molar-refractivity contribution in [2.45, 2.75) is 18.4 Å². The van der Waals surface area contributed by atoms with Gasteiger partial charge in [0.2, 0.25) is 5.91 Å². The summed E-state index contributed by atoms with van der Waals surface area (Å²) in [6, 6.07) is 19.0. The highest BCUT2D eigenvalue weighted by Gasteiger charge is 2.16. The molecule has 0 saturated carbocycles. The van der Waals surface area contributed by atoms with Gasteiger partial charge in [-0.25, -0.2) is 4.79 Å². The molecule has 0 saturated heterocycles. The lowest BCUT2D eigenvalue weighted by molar-refractivity contribution is -0.113. The predicted octanol–water partition coefficient (Wildman–Crippen LogP) is 4.99. The first-order valence-electron chi connectivity index (χ1n) is 10.4. The van der Waals surface area contributed by atoms with Gasteiger partial charge in [-0.1, -0.05) is 18.2 Å². The number of ketones is 1. The number of thioether (sulfide) groups is 1. The topological polar surface area (TPSA) is 90.9 Å². The summed E-state index contributed by atoms with van der Waals surface area (Å²) in [4.78, 5) is 37.5. The van der Waals surface area contributed by atoms with E-state index in [2.05, 4.69) is 5.32 Å². The average Bonchev–Trinajstić information content (AvgIpc) is 2.86. The standard InChI is InChI=1S/C26H25NO6S/c1-17(28)18-11-12-23(32-3)19(13-18)15-33-26(30)22-9-4-5-10-24(22)34-16-25(29)27-20-7-6-8-21(14-20)31-2/h4-14H,15-16H2,1-3H3,(H,27,29). The van der Waals surface area contributed by atoms with Crippen molar-refractivity contribution in [1.82, 2.24) is 0 Å². The van der Waals surface area contributed by atoms with Crippen LogP contribution in [0.25, 0.3) is 0 Å². The Hall–Kier alpha value is -3.78. The van der Waals surface area contributed by atoms with Crippen LogP contribution in [0.4, 0.5) is 5.69 Å². The fourth-order valence-corrected chi connectivity index (χ4v) is 3.97. The van der Waals surface area contributed by atoms with Gasteiger partial charge in [-0.15, -0.1) is 11.8 Å². The van der Waals surface area contributed by atoms with E-state index in [-0.39, 0.29) is 24.1 Å². The maximum atomic E-state index is 12.8. The first-order chi connectivity index (χ1) is 16.4. The first kappa shape index (κ1) is 24.9. The van der Waals surface area contributed by atoms with Crippen molar-refractivity contribution in [1.29, 1.82) is 0 Å². The Kier molecular flexibility index (Phi) is 8.70. The van der Waals surface area contributed by atoms with Gasteiger partial charge in [0.05, 0.1) is 25.5 Å². The molecule has 1 N–H and O–H groups in total. The zero-order chi connectivity index (χ0) is 24.5. The van der Waals surface area contributed by atoms with Crippen LogP contribution in [0, 0.1) is 0 Å². The monoisotopic (exact) mass is 479 g/mol. The van der Waals surface area contributed by atoms with Crippen LogP contribution in [0.3, 0.4) is 0 Å². The number of rotatable bonds is 10. The summed E-state index contributed by atoms with van der Waals surface area (Å²) in [5.74, 6) is 0.428. The number of hydrogen-bond donors (Lipinski definition) is 1. The second-order valence-corrected chi connectivity index (χ2v) is 8.24. The Labute approximate surface area is 202 Å². The third-order valence-electron chi connectivity index (χ3n) is 4.86.